The summed E-state index contributed by atoms with van der Waals surface area (Å²) in [6.07, 6.45) is 0. The SMILES string of the molecule is COc1ccc(NC(=O)CSCC(=O)Nc2ccc(F)cc2)cc1OC. The minimum absolute atomic E-state index is 0.108. The number of nitrogens with one attached hydrogen (secondary N) is 2. The molecule has 0 heterocycles. The number of benzene rings is 2. The molecule has 0 aliphatic heterocycles. The van der Waals surface area contributed by atoms with Crippen molar-refractivity contribution in [2.24, 2.45) is 0 Å². The van der Waals surface area contributed by atoms with Gasteiger partial charge in [-0.2, -0.15) is 0 Å². The first-order valence-corrected chi connectivity index (χ1v) is 8.82. The maximum Gasteiger partial charge on any atom is 0.234 e. The molecule has 8 heteroatoms. The van der Waals surface area contributed by atoms with Crippen LogP contribution in [0.5, 0.6) is 11.5 Å². The number of anilines is 2. The third-order valence-corrected chi connectivity index (χ3v) is 4.19. The highest BCUT2D eigenvalue weighted by Crippen LogP contribution is 2.29. The molecule has 26 heavy (non-hydrogen) atoms. The number of carbonyl (C=O) groups is 2. The number of halogens is 1. The van der Waals surface area contributed by atoms with E-state index in [1.165, 1.54) is 50.2 Å². The first-order chi connectivity index (χ1) is 12.5. The molecule has 0 saturated carbocycles. The van der Waals surface area contributed by atoms with Crippen LogP contribution in [0.4, 0.5) is 15.8 Å². The molecule has 2 aromatic rings. The van der Waals surface area contributed by atoms with Crippen molar-refractivity contribution in [2.75, 3.05) is 36.4 Å². The van der Waals surface area contributed by atoms with Crippen molar-refractivity contribution >= 4 is 35.0 Å². The van der Waals surface area contributed by atoms with Crippen molar-refractivity contribution in [2.45, 2.75) is 0 Å². The van der Waals surface area contributed by atoms with Crippen LogP contribution >= 0.6 is 11.8 Å². The van der Waals surface area contributed by atoms with Crippen LogP contribution in [0.3, 0.4) is 0 Å². The van der Waals surface area contributed by atoms with Gasteiger partial charge in [0.25, 0.3) is 0 Å². The minimum atomic E-state index is -0.371. The van der Waals surface area contributed by atoms with Crippen molar-refractivity contribution in [1.82, 2.24) is 0 Å². The summed E-state index contributed by atoms with van der Waals surface area (Å²) in [5, 5.41) is 5.36. The maximum absolute atomic E-state index is 12.8. The topological polar surface area (TPSA) is 76.7 Å². The summed E-state index contributed by atoms with van der Waals surface area (Å²) in [6.45, 7) is 0. The summed E-state index contributed by atoms with van der Waals surface area (Å²) < 4.78 is 23.1. The van der Waals surface area contributed by atoms with E-state index in [0.29, 0.717) is 22.9 Å². The molecular formula is C18H19FN2O4S. The largest absolute Gasteiger partial charge is 0.493 e. The van der Waals surface area contributed by atoms with E-state index in [2.05, 4.69) is 10.6 Å². The summed E-state index contributed by atoms with van der Waals surface area (Å²) in [5.41, 5.74) is 1.08. The van der Waals surface area contributed by atoms with E-state index in [-0.39, 0.29) is 29.1 Å². The monoisotopic (exact) mass is 378 g/mol. The quantitative estimate of drug-likeness (QED) is 0.738. The van der Waals surface area contributed by atoms with Gasteiger partial charge in [0.2, 0.25) is 11.8 Å². The zero-order valence-electron chi connectivity index (χ0n) is 14.4. The Morgan fingerprint density at radius 2 is 1.42 bits per heavy atom. The summed E-state index contributed by atoms with van der Waals surface area (Å²) >= 11 is 1.17. The predicted octanol–water partition coefficient (Wildman–Crippen LogP) is 3.15. The molecular weight excluding hydrogens is 359 g/mol. The highest BCUT2D eigenvalue weighted by molar-refractivity contribution is 8.00. The van der Waals surface area contributed by atoms with Crippen LogP contribution in [0.25, 0.3) is 0 Å². The number of carbonyl (C=O) groups excluding carboxylic acids is 2. The van der Waals surface area contributed by atoms with Gasteiger partial charge < -0.3 is 20.1 Å². The predicted molar refractivity (Wildman–Crippen MR) is 101 cm³/mol. The second kappa shape index (κ2) is 9.67. The van der Waals surface area contributed by atoms with Crippen molar-refractivity contribution in [3.63, 3.8) is 0 Å². The fourth-order valence-electron chi connectivity index (χ4n) is 2.08. The first kappa shape index (κ1) is 19.6. The van der Waals surface area contributed by atoms with E-state index < -0.39 is 0 Å². The summed E-state index contributed by atoms with van der Waals surface area (Å²) in [7, 11) is 3.04. The lowest BCUT2D eigenvalue weighted by Crippen LogP contribution is -2.18. The Morgan fingerprint density at radius 3 is 2.00 bits per heavy atom. The van der Waals surface area contributed by atoms with Crippen molar-refractivity contribution < 1.29 is 23.5 Å². The molecule has 0 spiro atoms. The van der Waals surface area contributed by atoms with Gasteiger partial charge in [-0.05, 0) is 36.4 Å². The lowest BCUT2D eigenvalue weighted by Gasteiger charge is -2.10. The molecule has 2 rings (SSSR count). The molecule has 0 atom stereocenters. The van der Waals surface area contributed by atoms with E-state index in [4.69, 9.17) is 9.47 Å². The molecule has 6 nitrogen and oxygen atoms in total. The van der Waals surface area contributed by atoms with Crippen LogP contribution < -0.4 is 20.1 Å². The van der Waals surface area contributed by atoms with Crippen LogP contribution in [0.1, 0.15) is 0 Å². The molecule has 2 amide bonds. The Balaban J connectivity index is 1.76. The number of hydrogen-bond donors (Lipinski definition) is 2. The second-order valence-corrected chi connectivity index (χ2v) is 6.15. The number of hydrogen-bond acceptors (Lipinski definition) is 5. The minimum Gasteiger partial charge on any atom is -0.493 e. The van der Waals surface area contributed by atoms with E-state index in [0.717, 1.165) is 0 Å². The highest BCUT2D eigenvalue weighted by Gasteiger charge is 2.09. The van der Waals surface area contributed by atoms with Crippen LogP contribution in [0.2, 0.25) is 0 Å². The zero-order chi connectivity index (χ0) is 18.9. The van der Waals surface area contributed by atoms with Gasteiger partial charge in [-0.25, -0.2) is 4.39 Å². The number of thioether (sulfide) groups is 1. The molecule has 0 aliphatic rings. The second-order valence-electron chi connectivity index (χ2n) is 5.17. The molecule has 2 N–H and O–H groups in total. The van der Waals surface area contributed by atoms with Crippen molar-refractivity contribution in [1.29, 1.82) is 0 Å². The average Bonchev–Trinajstić information content (AvgIpc) is 2.63. The number of ether oxygens (including phenoxy) is 2. The fourth-order valence-corrected chi connectivity index (χ4v) is 2.69. The summed E-state index contributed by atoms with van der Waals surface area (Å²) in [6, 6.07) is 10.5. The van der Waals surface area contributed by atoms with Crippen LogP contribution in [0, 0.1) is 5.82 Å². The lowest BCUT2D eigenvalue weighted by atomic mass is 10.2. The molecule has 0 unspecified atom stereocenters. The number of methoxy groups -OCH3 is 2. The molecule has 0 bridgehead atoms. The van der Waals surface area contributed by atoms with Gasteiger partial charge >= 0.3 is 0 Å². The maximum atomic E-state index is 12.8. The van der Waals surface area contributed by atoms with Gasteiger partial charge in [-0.15, -0.1) is 11.8 Å². The lowest BCUT2D eigenvalue weighted by molar-refractivity contribution is -0.114. The Bertz CT molecular complexity index is 768. The van der Waals surface area contributed by atoms with E-state index >= 15 is 0 Å². The molecule has 0 aromatic heterocycles. The summed E-state index contributed by atoms with van der Waals surface area (Å²) in [5.74, 6) is 0.428. The molecule has 0 aliphatic carbocycles. The number of amides is 2. The van der Waals surface area contributed by atoms with E-state index in [1.54, 1.807) is 18.2 Å². The Kier molecular flexibility index (Phi) is 7.28. The van der Waals surface area contributed by atoms with Gasteiger partial charge in [-0.3, -0.25) is 9.59 Å². The highest BCUT2D eigenvalue weighted by atomic mass is 32.2. The van der Waals surface area contributed by atoms with E-state index in [9.17, 15) is 14.0 Å². The van der Waals surface area contributed by atoms with Gasteiger partial charge in [0.05, 0.1) is 25.7 Å². The van der Waals surface area contributed by atoms with Gasteiger partial charge in [0.1, 0.15) is 5.82 Å². The Morgan fingerprint density at radius 1 is 0.885 bits per heavy atom. The average molecular weight is 378 g/mol. The molecule has 138 valence electrons. The molecule has 2 aromatic carbocycles. The Hall–Kier alpha value is -2.74. The smallest absolute Gasteiger partial charge is 0.234 e. The van der Waals surface area contributed by atoms with Crippen molar-refractivity contribution in [3.8, 4) is 11.5 Å². The van der Waals surface area contributed by atoms with Gasteiger partial charge in [-0.1, -0.05) is 0 Å². The van der Waals surface area contributed by atoms with Crippen molar-refractivity contribution in [3.05, 3.63) is 48.3 Å². The normalized spacial score (nSPS) is 10.1. The standard InChI is InChI=1S/C18H19FN2O4S/c1-24-15-8-7-14(9-16(15)25-2)21-18(23)11-26-10-17(22)20-13-5-3-12(19)4-6-13/h3-9H,10-11H2,1-2H3,(H,20,22)(H,21,23). The van der Waals surface area contributed by atoms with Crippen LogP contribution in [-0.2, 0) is 9.59 Å². The molecule has 0 radical (unpaired) electrons. The molecule has 0 fully saturated rings. The fraction of sp³-hybridized carbons (Fsp3) is 0.222. The third kappa shape index (κ3) is 5.96. The van der Waals surface area contributed by atoms with Gasteiger partial charge in [0, 0.05) is 17.4 Å². The van der Waals surface area contributed by atoms with E-state index in [1.807, 2.05) is 0 Å². The third-order valence-electron chi connectivity index (χ3n) is 3.26. The zero-order valence-corrected chi connectivity index (χ0v) is 15.2. The summed E-state index contributed by atoms with van der Waals surface area (Å²) in [4.78, 5) is 23.8. The van der Waals surface area contributed by atoms with Crippen LogP contribution in [-0.4, -0.2) is 37.5 Å². The molecule has 0 saturated heterocycles. The Labute approximate surface area is 155 Å². The van der Waals surface area contributed by atoms with Gasteiger partial charge in [0.15, 0.2) is 11.5 Å². The number of rotatable bonds is 8. The first-order valence-electron chi connectivity index (χ1n) is 7.67. The van der Waals surface area contributed by atoms with Crippen LogP contribution in [0.15, 0.2) is 42.5 Å².